The third kappa shape index (κ3) is 2.69. The van der Waals surface area contributed by atoms with Crippen molar-refractivity contribution < 1.29 is 0 Å². The fraction of sp³-hybridized carbons (Fsp3) is 0.214. The molecular formula is C14H11ClN6OS. The highest BCUT2D eigenvalue weighted by atomic mass is 35.5. The lowest BCUT2D eigenvalue weighted by Gasteiger charge is -2.17. The summed E-state index contributed by atoms with van der Waals surface area (Å²) in [7, 11) is 0. The molecule has 0 saturated heterocycles. The zero-order chi connectivity index (χ0) is 16.6. The molecular weight excluding hydrogens is 336 g/mol. The Labute approximate surface area is 140 Å². The van der Waals surface area contributed by atoms with Crippen molar-refractivity contribution in [1.82, 2.24) is 24.1 Å². The van der Waals surface area contributed by atoms with Crippen molar-refractivity contribution in [2.24, 2.45) is 0 Å². The Hall–Kier alpha value is -2.37. The molecule has 0 spiro atoms. The second-order valence-electron chi connectivity index (χ2n) is 4.75. The Morgan fingerprint density at radius 2 is 2.22 bits per heavy atom. The summed E-state index contributed by atoms with van der Waals surface area (Å²) in [5.74, 6) is 0.320. The first kappa shape index (κ1) is 15.5. The Balaban J connectivity index is 2.29. The zero-order valence-corrected chi connectivity index (χ0v) is 13.8. The van der Waals surface area contributed by atoms with E-state index in [-0.39, 0.29) is 5.56 Å². The van der Waals surface area contributed by atoms with E-state index in [0.717, 1.165) is 0 Å². The van der Waals surface area contributed by atoms with Gasteiger partial charge in [0.05, 0.1) is 6.07 Å². The van der Waals surface area contributed by atoms with E-state index in [9.17, 15) is 10.1 Å². The van der Waals surface area contributed by atoms with Crippen molar-refractivity contribution in [2.75, 3.05) is 6.26 Å². The van der Waals surface area contributed by atoms with Gasteiger partial charge < -0.3 is 0 Å². The lowest BCUT2D eigenvalue weighted by Crippen LogP contribution is -2.23. The Kier molecular flexibility index (Phi) is 4.07. The Bertz CT molecular complexity index is 972. The van der Waals surface area contributed by atoms with Crippen LogP contribution in [0.1, 0.15) is 17.3 Å². The molecule has 23 heavy (non-hydrogen) atoms. The van der Waals surface area contributed by atoms with Crippen LogP contribution in [0, 0.1) is 18.3 Å². The molecule has 116 valence electrons. The van der Waals surface area contributed by atoms with Crippen LogP contribution in [0.2, 0.25) is 5.15 Å². The minimum Gasteiger partial charge on any atom is -0.293 e. The van der Waals surface area contributed by atoms with Crippen LogP contribution in [0.15, 0.2) is 34.3 Å². The molecule has 0 fully saturated rings. The average Bonchev–Trinajstić information content (AvgIpc) is 2.97. The molecule has 0 radical (unpaired) electrons. The highest BCUT2D eigenvalue weighted by Crippen LogP contribution is 2.22. The van der Waals surface area contributed by atoms with Gasteiger partial charge >= 0.3 is 0 Å². The van der Waals surface area contributed by atoms with E-state index < -0.39 is 6.04 Å². The monoisotopic (exact) mass is 346 g/mol. The van der Waals surface area contributed by atoms with Crippen molar-refractivity contribution in [3.63, 3.8) is 0 Å². The van der Waals surface area contributed by atoms with E-state index in [1.807, 2.05) is 6.26 Å². The first-order valence-corrected chi connectivity index (χ1v) is 8.19. The smallest absolute Gasteiger partial charge is 0.275 e. The molecule has 0 N–H and O–H groups in total. The number of hydrogen-bond acceptors (Lipinski definition) is 6. The molecule has 1 unspecified atom stereocenters. The molecule has 0 aliphatic heterocycles. The summed E-state index contributed by atoms with van der Waals surface area (Å²) < 4.78 is 2.87. The molecule has 0 bridgehead atoms. The number of rotatable bonds is 3. The van der Waals surface area contributed by atoms with Gasteiger partial charge in [0.1, 0.15) is 5.15 Å². The fourth-order valence-electron chi connectivity index (χ4n) is 2.29. The van der Waals surface area contributed by atoms with Crippen LogP contribution in [0.25, 0.3) is 5.78 Å². The predicted octanol–water partition coefficient (Wildman–Crippen LogP) is 2.08. The summed E-state index contributed by atoms with van der Waals surface area (Å²) in [4.78, 5) is 20.5. The minimum atomic E-state index is -0.693. The summed E-state index contributed by atoms with van der Waals surface area (Å²) in [5.41, 5.74) is 0.982. The number of nitriles is 1. The van der Waals surface area contributed by atoms with E-state index in [0.29, 0.717) is 27.3 Å². The van der Waals surface area contributed by atoms with Crippen LogP contribution in [-0.2, 0) is 0 Å². The molecule has 1 atom stereocenters. The molecule has 3 heterocycles. The van der Waals surface area contributed by atoms with E-state index in [4.69, 9.17) is 11.6 Å². The zero-order valence-electron chi connectivity index (χ0n) is 12.3. The number of pyridine rings is 1. The number of aromatic nitrogens is 5. The van der Waals surface area contributed by atoms with E-state index >= 15 is 0 Å². The summed E-state index contributed by atoms with van der Waals surface area (Å²) >= 11 is 7.13. The van der Waals surface area contributed by atoms with E-state index in [1.54, 1.807) is 23.6 Å². The molecule has 7 nitrogen and oxygen atoms in total. The van der Waals surface area contributed by atoms with Gasteiger partial charge in [0.15, 0.2) is 6.04 Å². The summed E-state index contributed by atoms with van der Waals surface area (Å²) in [6.45, 7) is 1.75. The lowest BCUT2D eigenvalue weighted by atomic mass is 10.1. The molecule has 0 amide bonds. The fourth-order valence-corrected chi connectivity index (χ4v) is 2.74. The van der Waals surface area contributed by atoms with Gasteiger partial charge in [0.2, 0.25) is 10.9 Å². The highest BCUT2D eigenvalue weighted by Gasteiger charge is 2.20. The maximum absolute atomic E-state index is 12.1. The minimum absolute atomic E-state index is 0.285. The van der Waals surface area contributed by atoms with Crippen LogP contribution < -0.4 is 5.56 Å². The molecule has 3 rings (SSSR count). The Morgan fingerprint density at radius 3 is 2.83 bits per heavy atom. The SMILES string of the molecule is CSc1nc2n(C(C#N)c3ccc(Cl)nc3)c(C)cc(=O)n2n1. The standard InChI is InChI=1S/C14H11ClN6OS/c1-8-5-12(22)21-14(18-13(19-21)23-2)20(8)10(6-16)9-3-4-11(15)17-7-9/h3-5,7,10H,1-2H3. The van der Waals surface area contributed by atoms with Crippen LogP contribution in [0.4, 0.5) is 0 Å². The van der Waals surface area contributed by atoms with Gasteiger partial charge in [-0.05, 0) is 19.2 Å². The third-order valence-electron chi connectivity index (χ3n) is 3.34. The van der Waals surface area contributed by atoms with E-state index in [1.165, 1.54) is 28.5 Å². The maximum atomic E-state index is 12.1. The number of halogens is 1. The number of fused-ring (bicyclic) bond motifs is 1. The van der Waals surface area contributed by atoms with Crippen molar-refractivity contribution in [1.29, 1.82) is 5.26 Å². The summed E-state index contributed by atoms with van der Waals surface area (Å²) in [6, 6.07) is 6.30. The number of nitrogens with zero attached hydrogens (tertiary/aromatic N) is 6. The summed E-state index contributed by atoms with van der Waals surface area (Å²) in [6.07, 6.45) is 3.36. The second-order valence-corrected chi connectivity index (χ2v) is 5.91. The lowest BCUT2D eigenvalue weighted by molar-refractivity contribution is 0.668. The molecule has 9 heteroatoms. The first-order valence-electron chi connectivity index (χ1n) is 6.59. The largest absolute Gasteiger partial charge is 0.293 e. The van der Waals surface area contributed by atoms with Crippen LogP contribution >= 0.6 is 23.4 Å². The quantitative estimate of drug-likeness (QED) is 0.533. The van der Waals surface area contributed by atoms with Gasteiger partial charge in [0.25, 0.3) is 5.56 Å². The van der Waals surface area contributed by atoms with Gasteiger partial charge in [0, 0.05) is 23.5 Å². The number of hydrogen-bond donors (Lipinski definition) is 0. The first-order chi connectivity index (χ1) is 11.0. The van der Waals surface area contributed by atoms with Crippen LogP contribution in [0.3, 0.4) is 0 Å². The third-order valence-corrected chi connectivity index (χ3v) is 4.10. The number of thioether (sulfide) groups is 1. The van der Waals surface area contributed by atoms with Gasteiger partial charge in [-0.25, -0.2) is 4.98 Å². The van der Waals surface area contributed by atoms with Gasteiger partial charge in [-0.15, -0.1) is 5.10 Å². The van der Waals surface area contributed by atoms with Gasteiger partial charge in [-0.1, -0.05) is 29.4 Å². The highest BCUT2D eigenvalue weighted by molar-refractivity contribution is 7.98. The van der Waals surface area contributed by atoms with Crippen LogP contribution in [-0.4, -0.2) is 30.4 Å². The normalized spacial score (nSPS) is 12.3. The van der Waals surface area contributed by atoms with E-state index in [2.05, 4.69) is 21.1 Å². The molecule has 0 aliphatic carbocycles. The van der Waals surface area contributed by atoms with Crippen molar-refractivity contribution in [3.8, 4) is 6.07 Å². The topological polar surface area (TPSA) is 88.9 Å². The van der Waals surface area contributed by atoms with Crippen molar-refractivity contribution >= 4 is 29.1 Å². The Morgan fingerprint density at radius 1 is 1.43 bits per heavy atom. The van der Waals surface area contributed by atoms with Crippen molar-refractivity contribution in [2.45, 2.75) is 18.1 Å². The average molecular weight is 347 g/mol. The molecule has 0 aliphatic rings. The summed E-state index contributed by atoms with van der Waals surface area (Å²) in [5, 5.41) is 14.6. The predicted molar refractivity (Wildman–Crippen MR) is 86.8 cm³/mol. The van der Waals surface area contributed by atoms with Crippen LogP contribution in [0.5, 0.6) is 0 Å². The van der Waals surface area contributed by atoms with Gasteiger partial charge in [-0.2, -0.15) is 14.8 Å². The van der Waals surface area contributed by atoms with Crippen molar-refractivity contribution in [3.05, 3.63) is 51.2 Å². The van der Waals surface area contributed by atoms with Gasteiger partial charge in [-0.3, -0.25) is 9.36 Å². The molecule has 0 saturated carbocycles. The second kappa shape index (κ2) is 6.02. The molecule has 0 aromatic carbocycles. The maximum Gasteiger partial charge on any atom is 0.275 e. The molecule has 3 aromatic heterocycles. The number of aryl methyl sites for hydroxylation is 1. The molecule has 3 aromatic rings.